The summed E-state index contributed by atoms with van der Waals surface area (Å²) in [5.41, 5.74) is 7.14. The molecule has 0 spiro atoms. The van der Waals surface area contributed by atoms with Gasteiger partial charge in [0.1, 0.15) is 19.0 Å². The van der Waals surface area contributed by atoms with Gasteiger partial charge in [-0.3, -0.25) is 0 Å². The molecule has 0 saturated carbocycles. The average Bonchev–Trinajstić information content (AvgIpc) is 2.26. The number of hydrogen-bond acceptors (Lipinski definition) is 4. The number of hydrogen-bond donors (Lipinski definition) is 1. The predicted molar refractivity (Wildman–Crippen MR) is 65.9 cm³/mol. The summed E-state index contributed by atoms with van der Waals surface area (Å²) < 4.78 is 53.7. The van der Waals surface area contributed by atoms with E-state index in [0.29, 0.717) is 5.69 Å². The quantitative estimate of drug-likeness (QED) is 0.820. The van der Waals surface area contributed by atoms with Crippen LogP contribution < -0.4 is 5.73 Å². The summed E-state index contributed by atoms with van der Waals surface area (Å²) in [7, 11) is 0. The number of alkyl halides is 4. The van der Waals surface area contributed by atoms with Crippen LogP contribution in [0.3, 0.4) is 0 Å². The second kappa shape index (κ2) is 6.34. The molecule has 0 atom stereocenters. The molecule has 1 aromatic rings. The lowest BCUT2D eigenvalue weighted by Crippen LogP contribution is -2.32. The summed E-state index contributed by atoms with van der Waals surface area (Å²) in [4.78, 5) is 8.00. The van der Waals surface area contributed by atoms with Crippen LogP contribution >= 0.6 is 0 Å². The lowest BCUT2D eigenvalue weighted by molar-refractivity contribution is -0.168. The van der Waals surface area contributed by atoms with Crippen molar-refractivity contribution in [2.45, 2.75) is 45.6 Å². The Kier molecular flexibility index (Phi) is 5.27. The van der Waals surface area contributed by atoms with Crippen LogP contribution in [0, 0.1) is 6.92 Å². The minimum absolute atomic E-state index is 0.0921. The Labute approximate surface area is 114 Å². The van der Waals surface area contributed by atoms with Crippen LogP contribution in [0.15, 0.2) is 0 Å². The number of nitrogens with zero attached hydrogens (tertiary/aromatic N) is 2. The smallest absolute Gasteiger partial charge is 0.330 e. The van der Waals surface area contributed by atoms with Gasteiger partial charge in [0.05, 0.1) is 0 Å². The third-order valence-electron chi connectivity index (χ3n) is 2.63. The second-order valence-corrected chi connectivity index (χ2v) is 4.73. The zero-order valence-electron chi connectivity index (χ0n) is 11.5. The Morgan fingerprint density at radius 2 is 1.85 bits per heavy atom. The van der Waals surface area contributed by atoms with E-state index >= 15 is 0 Å². The third-order valence-corrected chi connectivity index (χ3v) is 2.63. The van der Waals surface area contributed by atoms with Crippen molar-refractivity contribution >= 4 is 5.82 Å². The number of anilines is 1. The maximum absolute atomic E-state index is 12.6. The van der Waals surface area contributed by atoms with Crippen molar-refractivity contribution < 1.29 is 22.3 Å². The van der Waals surface area contributed by atoms with Crippen molar-refractivity contribution in [1.82, 2.24) is 9.97 Å². The lowest BCUT2D eigenvalue weighted by Gasteiger charge is -2.16. The number of aryl methyl sites for hydroxylation is 1. The highest BCUT2D eigenvalue weighted by atomic mass is 19.3. The first kappa shape index (κ1) is 16.6. The molecule has 0 aliphatic heterocycles. The minimum Gasteiger partial charge on any atom is -0.383 e. The molecule has 0 unspecified atom stereocenters. The molecule has 0 saturated heterocycles. The van der Waals surface area contributed by atoms with Gasteiger partial charge in [-0.05, 0) is 12.8 Å². The topological polar surface area (TPSA) is 61.0 Å². The Morgan fingerprint density at radius 3 is 2.30 bits per heavy atom. The molecule has 4 nitrogen and oxygen atoms in total. The van der Waals surface area contributed by atoms with Gasteiger partial charge in [-0.25, -0.2) is 18.7 Å². The number of rotatable bonds is 6. The Bertz CT molecular complexity index is 443. The molecule has 8 heteroatoms. The Balaban J connectivity index is 2.71. The highest BCUT2D eigenvalue weighted by Gasteiger charge is 2.41. The third kappa shape index (κ3) is 4.03. The summed E-state index contributed by atoms with van der Waals surface area (Å²) in [5.74, 6) is -3.73. The standard InChI is InChI=1S/C12H17F4N3O/c1-6(2)9-7(3)18-8(19-10(9)17)4-20-5-12(15,16)11(13)14/h6,11H,4-5H2,1-3H3,(H2,17,18,19). The second-order valence-electron chi connectivity index (χ2n) is 4.73. The van der Waals surface area contributed by atoms with Gasteiger partial charge in [-0.1, -0.05) is 13.8 Å². The van der Waals surface area contributed by atoms with Crippen molar-refractivity contribution in [3.8, 4) is 0 Å². The van der Waals surface area contributed by atoms with E-state index < -0.39 is 25.6 Å². The summed E-state index contributed by atoms with van der Waals surface area (Å²) in [6.45, 7) is 3.76. The fraction of sp³-hybridized carbons (Fsp3) is 0.667. The molecular formula is C12H17F4N3O. The molecule has 114 valence electrons. The number of halogens is 4. The van der Waals surface area contributed by atoms with E-state index in [1.807, 2.05) is 13.8 Å². The molecule has 0 aromatic carbocycles. The van der Waals surface area contributed by atoms with Crippen LogP contribution in [0.5, 0.6) is 0 Å². The van der Waals surface area contributed by atoms with Gasteiger partial charge in [-0.2, -0.15) is 8.78 Å². The van der Waals surface area contributed by atoms with Crippen LogP contribution in [0.4, 0.5) is 23.4 Å². The molecule has 0 amide bonds. The Morgan fingerprint density at radius 1 is 1.25 bits per heavy atom. The number of ether oxygens (including phenoxy) is 1. The predicted octanol–water partition coefficient (Wildman–Crippen LogP) is 2.91. The molecular weight excluding hydrogens is 278 g/mol. The van der Waals surface area contributed by atoms with Crippen LogP contribution in [-0.4, -0.2) is 28.9 Å². The summed E-state index contributed by atoms with van der Waals surface area (Å²) >= 11 is 0. The van der Waals surface area contributed by atoms with E-state index in [1.165, 1.54) is 0 Å². The van der Waals surface area contributed by atoms with E-state index in [4.69, 9.17) is 5.73 Å². The average molecular weight is 295 g/mol. The van der Waals surface area contributed by atoms with Gasteiger partial charge in [0, 0.05) is 11.3 Å². The molecule has 0 aliphatic rings. The zero-order chi connectivity index (χ0) is 15.5. The normalized spacial score (nSPS) is 12.4. The highest BCUT2D eigenvalue weighted by Crippen LogP contribution is 2.24. The van der Waals surface area contributed by atoms with Crippen LogP contribution in [0.25, 0.3) is 0 Å². The molecule has 0 bridgehead atoms. The van der Waals surface area contributed by atoms with Gasteiger partial charge in [0.2, 0.25) is 0 Å². The molecule has 2 N–H and O–H groups in total. The fourth-order valence-corrected chi connectivity index (χ4v) is 1.78. The highest BCUT2D eigenvalue weighted by molar-refractivity contribution is 5.43. The maximum Gasteiger partial charge on any atom is 0.330 e. The first-order valence-electron chi connectivity index (χ1n) is 6.01. The van der Waals surface area contributed by atoms with Gasteiger partial charge in [0.15, 0.2) is 5.82 Å². The fourth-order valence-electron chi connectivity index (χ4n) is 1.78. The largest absolute Gasteiger partial charge is 0.383 e. The first-order chi connectivity index (χ1) is 9.15. The van der Waals surface area contributed by atoms with E-state index in [-0.39, 0.29) is 17.6 Å². The van der Waals surface area contributed by atoms with Crippen molar-refractivity contribution in [1.29, 1.82) is 0 Å². The van der Waals surface area contributed by atoms with Crippen molar-refractivity contribution in [3.05, 3.63) is 17.1 Å². The first-order valence-corrected chi connectivity index (χ1v) is 6.01. The molecule has 20 heavy (non-hydrogen) atoms. The van der Waals surface area contributed by atoms with E-state index in [9.17, 15) is 17.6 Å². The van der Waals surface area contributed by atoms with E-state index in [0.717, 1.165) is 5.56 Å². The number of aromatic nitrogens is 2. The molecule has 0 aliphatic carbocycles. The van der Waals surface area contributed by atoms with Crippen molar-refractivity contribution in [2.24, 2.45) is 0 Å². The zero-order valence-corrected chi connectivity index (χ0v) is 11.5. The van der Waals surface area contributed by atoms with Gasteiger partial charge >= 0.3 is 12.3 Å². The van der Waals surface area contributed by atoms with Gasteiger partial charge in [0.25, 0.3) is 0 Å². The molecule has 1 aromatic heterocycles. The van der Waals surface area contributed by atoms with E-state index in [1.54, 1.807) is 6.92 Å². The summed E-state index contributed by atoms with van der Waals surface area (Å²) in [5, 5.41) is 0. The molecule has 0 fully saturated rings. The van der Waals surface area contributed by atoms with Crippen LogP contribution in [0.2, 0.25) is 0 Å². The number of nitrogen functional groups attached to an aromatic ring is 1. The SMILES string of the molecule is Cc1nc(COCC(F)(F)C(F)F)nc(N)c1C(C)C. The minimum atomic E-state index is -4.18. The van der Waals surface area contributed by atoms with Gasteiger partial charge < -0.3 is 10.5 Å². The molecule has 1 rings (SSSR count). The van der Waals surface area contributed by atoms with Crippen molar-refractivity contribution in [3.63, 3.8) is 0 Å². The Hall–Kier alpha value is -1.44. The van der Waals surface area contributed by atoms with Gasteiger partial charge in [-0.15, -0.1) is 0 Å². The molecule has 0 radical (unpaired) electrons. The van der Waals surface area contributed by atoms with Crippen LogP contribution in [0.1, 0.15) is 36.8 Å². The monoisotopic (exact) mass is 295 g/mol. The van der Waals surface area contributed by atoms with E-state index in [2.05, 4.69) is 14.7 Å². The maximum atomic E-state index is 12.6. The summed E-state index contributed by atoms with van der Waals surface area (Å²) in [6, 6.07) is 0. The van der Waals surface area contributed by atoms with Crippen molar-refractivity contribution in [2.75, 3.05) is 12.3 Å². The number of nitrogens with two attached hydrogens (primary N) is 1. The summed E-state index contributed by atoms with van der Waals surface area (Å²) in [6.07, 6.45) is -3.77. The lowest BCUT2D eigenvalue weighted by atomic mass is 10.0. The van der Waals surface area contributed by atoms with Crippen LogP contribution in [-0.2, 0) is 11.3 Å². The molecule has 1 heterocycles.